The topological polar surface area (TPSA) is 90.9 Å². The minimum Gasteiger partial charge on any atom is -0.328 e. The summed E-state index contributed by atoms with van der Waals surface area (Å²) < 4.78 is 4.38. The number of carbonyl (C=O) groups is 1. The van der Waals surface area contributed by atoms with Gasteiger partial charge in [0.15, 0.2) is 11.2 Å². The van der Waals surface area contributed by atoms with Gasteiger partial charge in [-0.2, -0.15) is 0 Å². The van der Waals surface area contributed by atoms with Crippen LogP contribution < -0.4 is 16.6 Å². The van der Waals surface area contributed by atoms with Gasteiger partial charge in [-0.15, -0.1) is 0 Å². The standard InChI is InChI=1S/C15H13BrClN5O3/c1-20-7-18-13-12(20)14(24)22(15(25)21(13)2)6-11(23)19-10-4-3-8(16)5-9(10)17/h3-5,7H,6H2,1-2H3,(H,19,23). The third-order valence-electron chi connectivity index (χ3n) is 3.71. The first-order valence-electron chi connectivity index (χ1n) is 7.15. The average molecular weight is 427 g/mol. The number of halogens is 2. The fourth-order valence-corrected chi connectivity index (χ4v) is 3.18. The van der Waals surface area contributed by atoms with Crippen molar-refractivity contribution in [1.29, 1.82) is 0 Å². The number of imidazole rings is 1. The van der Waals surface area contributed by atoms with Gasteiger partial charge in [-0.1, -0.05) is 27.5 Å². The van der Waals surface area contributed by atoms with Gasteiger partial charge >= 0.3 is 5.69 Å². The zero-order valence-electron chi connectivity index (χ0n) is 13.3. The SMILES string of the molecule is Cn1cnc2c1c(=O)n(CC(=O)Nc1ccc(Br)cc1Cl)c(=O)n2C. The summed E-state index contributed by atoms with van der Waals surface area (Å²) in [5.74, 6) is -0.537. The third-order valence-corrected chi connectivity index (χ3v) is 4.51. The first-order valence-corrected chi connectivity index (χ1v) is 8.32. The van der Waals surface area contributed by atoms with Crippen LogP contribution in [0.15, 0.2) is 38.6 Å². The highest BCUT2D eigenvalue weighted by atomic mass is 79.9. The number of hydrogen-bond donors (Lipinski definition) is 1. The highest BCUT2D eigenvalue weighted by Crippen LogP contribution is 2.25. The second-order valence-electron chi connectivity index (χ2n) is 5.43. The van der Waals surface area contributed by atoms with Crippen LogP contribution >= 0.6 is 27.5 Å². The maximum Gasteiger partial charge on any atom is 0.332 e. The van der Waals surface area contributed by atoms with Crippen LogP contribution in [-0.4, -0.2) is 24.6 Å². The van der Waals surface area contributed by atoms with Crippen molar-refractivity contribution >= 4 is 50.3 Å². The number of anilines is 1. The summed E-state index contributed by atoms with van der Waals surface area (Å²) in [6, 6.07) is 4.97. The molecule has 3 aromatic rings. The predicted octanol–water partition coefficient (Wildman–Crippen LogP) is 1.49. The number of rotatable bonds is 3. The lowest BCUT2D eigenvalue weighted by Gasteiger charge is -2.10. The molecule has 2 heterocycles. The molecule has 1 aromatic carbocycles. The third kappa shape index (κ3) is 3.12. The Morgan fingerprint density at radius 3 is 2.72 bits per heavy atom. The molecule has 0 saturated carbocycles. The fraction of sp³-hybridized carbons (Fsp3) is 0.200. The molecule has 0 aliphatic rings. The van der Waals surface area contributed by atoms with E-state index in [0.29, 0.717) is 10.7 Å². The van der Waals surface area contributed by atoms with Crippen LogP contribution in [0.5, 0.6) is 0 Å². The Labute approximate surface area is 154 Å². The normalized spacial score (nSPS) is 11.0. The first-order chi connectivity index (χ1) is 11.8. The smallest absolute Gasteiger partial charge is 0.328 e. The second-order valence-corrected chi connectivity index (χ2v) is 6.76. The van der Waals surface area contributed by atoms with E-state index in [2.05, 4.69) is 26.2 Å². The fourth-order valence-electron chi connectivity index (χ4n) is 2.46. The van der Waals surface area contributed by atoms with E-state index < -0.39 is 23.7 Å². The van der Waals surface area contributed by atoms with Gasteiger partial charge in [0.25, 0.3) is 5.56 Å². The maximum absolute atomic E-state index is 12.6. The van der Waals surface area contributed by atoms with E-state index in [0.717, 1.165) is 9.04 Å². The molecule has 0 unspecified atom stereocenters. The molecule has 130 valence electrons. The summed E-state index contributed by atoms with van der Waals surface area (Å²) in [5.41, 5.74) is -0.286. The van der Waals surface area contributed by atoms with E-state index in [1.165, 1.54) is 22.5 Å². The van der Waals surface area contributed by atoms with Gasteiger partial charge in [0.2, 0.25) is 5.91 Å². The molecule has 2 aromatic heterocycles. The van der Waals surface area contributed by atoms with Crippen molar-refractivity contribution in [2.24, 2.45) is 14.1 Å². The quantitative estimate of drug-likeness (QED) is 0.687. The zero-order chi connectivity index (χ0) is 18.3. The van der Waals surface area contributed by atoms with Gasteiger partial charge in [-0.25, -0.2) is 14.3 Å². The number of hydrogen-bond acceptors (Lipinski definition) is 4. The van der Waals surface area contributed by atoms with Crippen LogP contribution in [0.25, 0.3) is 11.2 Å². The summed E-state index contributed by atoms with van der Waals surface area (Å²) in [6.07, 6.45) is 1.44. The summed E-state index contributed by atoms with van der Waals surface area (Å²) in [7, 11) is 3.14. The minimum atomic E-state index is -0.617. The van der Waals surface area contributed by atoms with Crippen LogP contribution in [0.1, 0.15) is 0 Å². The predicted molar refractivity (Wildman–Crippen MR) is 98.0 cm³/mol. The lowest BCUT2D eigenvalue weighted by atomic mass is 10.3. The number of benzene rings is 1. The van der Waals surface area contributed by atoms with Crippen molar-refractivity contribution in [1.82, 2.24) is 18.7 Å². The van der Waals surface area contributed by atoms with Gasteiger partial charge in [0.05, 0.1) is 17.0 Å². The Balaban J connectivity index is 1.98. The molecule has 0 atom stereocenters. The van der Waals surface area contributed by atoms with Crippen molar-refractivity contribution in [3.05, 3.63) is 54.9 Å². The van der Waals surface area contributed by atoms with Gasteiger partial charge in [0, 0.05) is 18.6 Å². The largest absolute Gasteiger partial charge is 0.332 e. The Hall–Kier alpha value is -2.39. The van der Waals surface area contributed by atoms with Crippen molar-refractivity contribution in [3.8, 4) is 0 Å². The molecule has 0 radical (unpaired) electrons. The first kappa shape index (κ1) is 17.4. The molecule has 0 aliphatic carbocycles. The van der Waals surface area contributed by atoms with Crippen molar-refractivity contribution in [2.45, 2.75) is 6.54 Å². The molecular formula is C15H13BrClN5O3. The molecular weight excluding hydrogens is 414 g/mol. The number of aryl methyl sites for hydroxylation is 2. The molecule has 1 N–H and O–H groups in total. The van der Waals surface area contributed by atoms with Gasteiger partial charge in [-0.05, 0) is 18.2 Å². The summed E-state index contributed by atoms with van der Waals surface area (Å²) in [4.78, 5) is 41.3. The molecule has 1 amide bonds. The molecule has 8 nitrogen and oxygen atoms in total. The van der Waals surface area contributed by atoms with Crippen LogP contribution in [0.2, 0.25) is 5.02 Å². The Morgan fingerprint density at radius 1 is 1.32 bits per heavy atom. The number of nitrogens with one attached hydrogen (secondary N) is 1. The molecule has 0 spiro atoms. The van der Waals surface area contributed by atoms with Crippen LogP contribution in [-0.2, 0) is 25.4 Å². The van der Waals surface area contributed by atoms with E-state index >= 15 is 0 Å². The molecule has 0 bridgehead atoms. The average Bonchev–Trinajstić information content (AvgIpc) is 2.94. The minimum absolute atomic E-state index is 0.247. The Kier molecular flexibility index (Phi) is 4.53. The molecule has 0 saturated heterocycles. The Morgan fingerprint density at radius 2 is 2.04 bits per heavy atom. The highest BCUT2D eigenvalue weighted by molar-refractivity contribution is 9.10. The number of aromatic nitrogens is 4. The number of fused-ring (bicyclic) bond motifs is 1. The Bertz CT molecular complexity index is 1110. The van der Waals surface area contributed by atoms with Crippen molar-refractivity contribution < 1.29 is 4.79 Å². The maximum atomic E-state index is 12.6. The monoisotopic (exact) mass is 425 g/mol. The van der Waals surface area contributed by atoms with E-state index in [9.17, 15) is 14.4 Å². The summed E-state index contributed by atoms with van der Waals surface area (Å²) >= 11 is 9.33. The van der Waals surface area contributed by atoms with Crippen LogP contribution in [0.4, 0.5) is 5.69 Å². The van der Waals surface area contributed by atoms with E-state index in [1.807, 2.05) is 0 Å². The van der Waals surface area contributed by atoms with Gasteiger partial charge < -0.3 is 9.88 Å². The van der Waals surface area contributed by atoms with E-state index in [4.69, 9.17) is 11.6 Å². The molecule has 0 fully saturated rings. The molecule has 25 heavy (non-hydrogen) atoms. The van der Waals surface area contributed by atoms with Crippen molar-refractivity contribution in [3.63, 3.8) is 0 Å². The van der Waals surface area contributed by atoms with E-state index in [1.54, 1.807) is 25.2 Å². The number of carbonyl (C=O) groups excluding carboxylic acids is 1. The highest BCUT2D eigenvalue weighted by Gasteiger charge is 2.17. The van der Waals surface area contributed by atoms with Gasteiger partial charge in [-0.3, -0.25) is 14.2 Å². The number of nitrogens with zero attached hydrogens (tertiary/aromatic N) is 4. The van der Waals surface area contributed by atoms with Crippen LogP contribution in [0, 0.1) is 0 Å². The number of amides is 1. The molecule has 10 heteroatoms. The van der Waals surface area contributed by atoms with Crippen LogP contribution in [0.3, 0.4) is 0 Å². The lowest BCUT2D eigenvalue weighted by Crippen LogP contribution is -2.42. The zero-order valence-corrected chi connectivity index (χ0v) is 15.6. The van der Waals surface area contributed by atoms with Crippen molar-refractivity contribution in [2.75, 3.05) is 5.32 Å². The second kappa shape index (κ2) is 6.49. The summed E-state index contributed by atoms with van der Waals surface area (Å²) in [5, 5.41) is 2.93. The summed E-state index contributed by atoms with van der Waals surface area (Å²) in [6.45, 7) is -0.432. The van der Waals surface area contributed by atoms with Gasteiger partial charge in [0.1, 0.15) is 6.54 Å². The lowest BCUT2D eigenvalue weighted by molar-refractivity contribution is -0.116. The molecule has 0 aliphatic heterocycles. The molecule has 3 rings (SSSR count). The van der Waals surface area contributed by atoms with E-state index in [-0.39, 0.29) is 11.2 Å².